The van der Waals surface area contributed by atoms with Gasteiger partial charge in [-0.3, -0.25) is 0 Å². The maximum Gasteiger partial charge on any atom is 0.191 e. The smallest absolute Gasteiger partial charge is 0.191 e. The van der Waals surface area contributed by atoms with Gasteiger partial charge in [0.05, 0.1) is 11.5 Å². The van der Waals surface area contributed by atoms with Crippen molar-refractivity contribution in [2.24, 2.45) is 13.0 Å². The van der Waals surface area contributed by atoms with E-state index < -0.39 is 9.84 Å². The molecule has 9 heteroatoms. The molecule has 140 valence electrons. The van der Waals surface area contributed by atoms with Crippen molar-refractivity contribution in [3.63, 3.8) is 0 Å². The summed E-state index contributed by atoms with van der Waals surface area (Å²) in [5.41, 5.74) is 0. The zero-order chi connectivity index (χ0) is 18.1. The second-order valence-electron chi connectivity index (χ2n) is 6.74. The van der Waals surface area contributed by atoms with Crippen LogP contribution in [0.3, 0.4) is 0 Å². The van der Waals surface area contributed by atoms with Crippen LogP contribution in [0.2, 0.25) is 0 Å². The number of para-hydroxylation sites is 2. The zero-order valence-electron chi connectivity index (χ0n) is 14.5. The number of thioether (sulfide) groups is 1. The molecule has 0 unspecified atom stereocenters. The predicted octanol–water partition coefficient (Wildman–Crippen LogP) is 1.72. The minimum absolute atomic E-state index is 0.0463. The van der Waals surface area contributed by atoms with Crippen molar-refractivity contribution >= 4 is 21.6 Å². The Bertz CT molecular complexity index is 897. The van der Waals surface area contributed by atoms with Gasteiger partial charge in [0.25, 0.3) is 0 Å². The van der Waals surface area contributed by atoms with Gasteiger partial charge in [-0.05, 0) is 24.5 Å². The monoisotopic (exact) mass is 395 g/mol. The highest BCUT2D eigenvalue weighted by molar-refractivity contribution is 7.99. The van der Waals surface area contributed by atoms with Crippen molar-refractivity contribution < 1.29 is 17.9 Å². The fraction of sp³-hybridized carbons (Fsp3) is 0.529. The van der Waals surface area contributed by atoms with E-state index in [2.05, 4.69) is 10.2 Å². The number of hydrogen-bond acceptors (Lipinski definition) is 7. The summed E-state index contributed by atoms with van der Waals surface area (Å²) in [6.07, 6.45) is 1.32. The zero-order valence-corrected chi connectivity index (χ0v) is 16.1. The standard InChI is InChI=1S/C17H21N3O4S2/c1-20-16(8-12-6-7-26(21,22)11-12)18-19-17(20)25-10-13-9-23-14-4-2-3-5-15(14)24-13/h2-5,12-13H,6-11H2,1H3/t12-,13+/m1/s1. The molecule has 2 atom stereocenters. The Hall–Kier alpha value is -1.74. The molecule has 0 spiro atoms. The van der Waals surface area contributed by atoms with Crippen molar-refractivity contribution in [3.05, 3.63) is 30.1 Å². The van der Waals surface area contributed by atoms with E-state index in [4.69, 9.17) is 9.47 Å². The molecular weight excluding hydrogens is 374 g/mol. The van der Waals surface area contributed by atoms with Crippen LogP contribution in [0.25, 0.3) is 0 Å². The number of benzene rings is 1. The highest BCUT2D eigenvalue weighted by Gasteiger charge is 2.29. The SMILES string of the molecule is Cn1c(C[C@H]2CCS(=O)(=O)C2)nnc1SC[C@@H]1COc2ccccc2O1. The highest BCUT2D eigenvalue weighted by Crippen LogP contribution is 2.32. The Morgan fingerprint density at radius 1 is 1.27 bits per heavy atom. The second-order valence-corrected chi connectivity index (χ2v) is 9.96. The molecule has 7 nitrogen and oxygen atoms in total. The summed E-state index contributed by atoms with van der Waals surface area (Å²) in [6.45, 7) is 0.509. The van der Waals surface area contributed by atoms with E-state index in [0.29, 0.717) is 25.2 Å². The average Bonchev–Trinajstić information content (AvgIpc) is 3.15. The molecule has 1 saturated heterocycles. The van der Waals surface area contributed by atoms with E-state index in [1.54, 1.807) is 11.8 Å². The third kappa shape index (κ3) is 3.83. The first-order valence-electron chi connectivity index (χ1n) is 8.60. The average molecular weight is 396 g/mol. The van der Waals surface area contributed by atoms with E-state index >= 15 is 0 Å². The molecular formula is C17H21N3O4S2. The van der Waals surface area contributed by atoms with Crippen LogP contribution in [0.5, 0.6) is 11.5 Å². The Morgan fingerprint density at radius 2 is 2.08 bits per heavy atom. The Balaban J connectivity index is 1.34. The number of rotatable bonds is 5. The fourth-order valence-electron chi connectivity index (χ4n) is 3.25. The number of aromatic nitrogens is 3. The molecule has 1 aromatic heterocycles. The Morgan fingerprint density at radius 3 is 2.85 bits per heavy atom. The molecule has 2 aliphatic rings. The third-order valence-electron chi connectivity index (χ3n) is 4.69. The number of nitrogens with zero attached hydrogens (tertiary/aromatic N) is 3. The molecule has 0 radical (unpaired) electrons. The van der Waals surface area contributed by atoms with Crippen LogP contribution >= 0.6 is 11.8 Å². The third-order valence-corrected chi connectivity index (χ3v) is 7.68. The maximum atomic E-state index is 11.6. The van der Waals surface area contributed by atoms with Gasteiger partial charge in [0.2, 0.25) is 0 Å². The van der Waals surface area contributed by atoms with E-state index in [9.17, 15) is 8.42 Å². The van der Waals surface area contributed by atoms with Crippen LogP contribution in [-0.2, 0) is 23.3 Å². The lowest BCUT2D eigenvalue weighted by Crippen LogP contribution is -2.31. The lowest BCUT2D eigenvalue weighted by Gasteiger charge is -2.25. The van der Waals surface area contributed by atoms with Gasteiger partial charge in [0.1, 0.15) is 18.5 Å². The molecule has 0 saturated carbocycles. The van der Waals surface area contributed by atoms with E-state index in [1.165, 1.54) is 0 Å². The van der Waals surface area contributed by atoms with Crippen LogP contribution in [0.4, 0.5) is 0 Å². The molecule has 1 fully saturated rings. The van der Waals surface area contributed by atoms with Crippen LogP contribution in [0, 0.1) is 5.92 Å². The molecule has 2 aromatic rings. The summed E-state index contributed by atoms with van der Waals surface area (Å²) < 4.78 is 36.9. The number of hydrogen-bond donors (Lipinski definition) is 0. The first-order chi connectivity index (χ1) is 12.5. The van der Waals surface area contributed by atoms with Gasteiger partial charge >= 0.3 is 0 Å². The number of sulfone groups is 1. The van der Waals surface area contributed by atoms with Gasteiger partial charge in [-0.1, -0.05) is 23.9 Å². The summed E-state index contributed by atoms with van der Waals surface area (Å²) in [5, 5.41) is 9.31. The quantitative estimate of drug-likeness (QED) is 0.713. The van der Waals surface area contributed by atoms with Gasteiger partial charge in [0.15, 0.2) is 26.5 Å². The minimum Gasteiger partial charge on any atom is -0.486 e. The van der Waals surface area contributed by atoms with Crippen molar-refractivity contribution in [1.29, 1.82) is 0 Å². The molecule has 0 N–H and O–H groups in total. The van der Waals surface area contributed by atoms with Crippen molar-refractivity contribution in [3.8, 4) is 11.5 Å². The fourth-order valence-corrected chi connectivity index (χ4v) is 6.01. The lowest BCUT2D eigenvalue weighted by molar-refractivity contribution is 0.107. The molecule has 0 bridgehead atoms. The van der Waals surface area contributed by atoms with Crippen molar-refractivity contribution in [1.82, 2.24) is 14.8 Å². The molecule has 0 amide bonds. The van der Waals surface area contributed by atoms with E-state index in [0.717, 1.165) is 22.5 Å². The van der Waals surface area contributed by atoms with Crippen LogP contribution in [0.15, 0.2) is 29.4 Å². The molecule has 2 aliphatic heterocycles. The summed E-state index contributed by atoms with van der Waals surface area (Å²) in [4.78, 5) is 0. The Labute approximate surface area is 157 Å². The van der Waals surface area contributed by atoms with Crippen LogP contribution in [-0.4, -0.2) is 53.2 Å². The summed E-state index contributed by atoms with van der Waals surface area (Å²) in [5.74, 6) is 3.78. The normalized spacial score (nSPS) is 23.9. The summed E-state index contributed by atoms with van der Waals surface area (Å²) in [7, 11) is -0.939. The molecule has 4 rings (SSSR count). The van der Waals surface area contributed by atoms with Gasteiger partial charge < -0.3 is 14.0 Å². The predicted molar refractivity (Wildman–Crippen MR) is 98.5 cm³/mol. The van der Waals surface area contributed by atoms with Crippen LogP contribution < -0.4 is 9.47 Å². The van der Waals surface area contributed by atoms with E-state index in [-0.39, 0.29) is 23.5 Å². The molecule has 3 heterocycles. The molecule has 26 heavy (non-hydrogen) atoms. The minimum atomic E-state index is -2.86. The number of fused-ring (bicyclic) bond motifs is 1. The molecule has 0 aliphatic carbocycles. The van der Waals surface area contributed by atoms with Crippen molar-refractivity contribution in [2.75, 3.05) is 23.9 Å². The second kappa shape index (κ2) is 7.11. The largest absolute Gasteiger partial charge is 0.486 e. The van der Waals surface area contributed by atoms with Gasteiger partial charge in [-0.25, -0.2) is 8.42 Å². The first kappa shape index (κ1) is 17.7. The van der Waals surface area contributed by atoms with E-state index in [1.807, 2.05) is 35.9 Å². The van der Waals surface area contributed by atoms with Gasteiger partial charge in [-0.2, -0.15) is 0 Å². The summed E-state index contributed by atoms with van der Waals surface area (Å²) in [6, 6.07) is 7.66. The number of ether oxygens (including phenoxy) is 2. The van der Waals surface area contributed by atoms with Crippen LogP contribution in [0.1, 0.15) is 12.2 Å². The summed E-state index contributed by atoms with van der Waals surface area (Å²) >= 11 is 1.57. The van der Waals surface area contributed by atoms with Crippen molar-refractivity contribution in [2.45, 2.75) is 24.1 Å². The molecule has 1 aromatic carbocycles. The highest BCUT2D eigenvalue weighted by atomic mass is 32.2. The van der Waals surface area contributed by atoms with Gasteiger partial charge in [0, 0.05) is 19.2 Å². The first-order valence-corrected chi connectivity index (χ1v) is 11.4. The topological polar surface area (TPSA) is 83.3 Å². The Kier molecular flexibility index (Phi) is 4.83. The maximum absolute atomic E-state index is 11.6. The van der Waals surface area contributed by atoms with Gasteiger partial charge in [-0.15, -0.1) is 10.2 Å². The lowest BCUT2D eigenvalue weighted by atomic mass is 10.1.